The van der Waals surface area contributed by atoms with Gasteiger partial charge in [0.1, 0.15) is 0 Å². The number of ketones is 1. The van der Waals surface area contributed by atoms with Crippen molar-refractivity contribution in [2.45, 2.75) is 70.8 Å². The third-order valence-corrected chi connectivity index (χ3v) is 8.48. The van der Waals surface area contributed by atoms with E-state index >= 15 is 0 Å². The summed E-state index contributed by atoms with van der Waals surface area (Å²) in [5.74, 6) is 1.11. The van der Waals surface area contributed by atoms with E-state index in [1.807, 2.05) is 23.5 Å². The SMILES string of the molecule is COc1c(-c2cc3c(s2)C(C)CCC3(C)C)ccc2c(=O)c(C(C)=O)cn(C3CC3)c12. The molecule has 0 amide bonds. The zero-order chi connectivity index (χ0) is 22.1. The Labute approximate surface area is 186 Å². The van der Waals surface area contributed by atoms with Crippen molar-refractivity contribution >= 4 is 28.0 Å². The molecule has 162 valence electrons. The second-order valence-corrected chi connectivity index (χ2v) is 10.9. The average Bonchev–Trinajstić information content (AvgIpc) is 3.47. The van der Waals surface area contributed by atoms with Gasteiger partial charge in [-0.25, -0.2) is 0 Å². The van der Waals surface area contributed by atoms with Crippen molar-refractivity contribution in [3.8, 4) is 16.2 Å². The molecular weight excluding hydrogens is 406 g/mol. The summed E-state index contributed by atoms with van der Waals surface area (Å²) in [5, 5.41) is 0.565. The number of carbonyl (C=O) groups is 1. The largest absolute Gasteiger partial charge is 0.494 e. The normalized spacial score (nSPS) is 20.0. The fourth-order valence-electron chi connectivity index (χ4n) is 4.99. The van der Waals surface area contributed by atoms with Crippen molar-refractivity contribution in [1.82, 2.24) is 4.57 Å². The van der Waals surface area contributed by atoms with Gasteiger partial charge in [0.05, 0.1) is 23.6 Å². The zero-order valence-electron chi connectivity index (χ0n) is 18.9. The lowest BCUT2D eigenvalue weighted by Crippen LogP contribution is -2.23. The van der Waals surface area contributed by atoms with E-state index in [1.54, 1.807) is 13.3 Å². The van der Waals surface area contributed by atoms with Crippen LogP contribution in [0.1, 0.15) is 86.1 Å². The molecule has 0 radical (unpaired) electrons. The maximum atomic E-state index is 13.1. The maximum absolute atomic E-state index is 13.1. The lowest BCUT2D eigenvalue weighted by Gasteiger charge is -2.33. The standard InChI is InChI=1S/C26H29NO3S/c1-14-10-11-26(3,4)20-12-21(31-25(14)20)17-8-9-18-22(24(17)30-5)27(16-6-7-16)13-19(15(2)28)23(18)29/h8-9,12-14,16H,6-7,10-11H2,1-5H3. The number of carbonyl (C=O) groups excluding carboxylic acids is 1. The predicted molar refractivity (Wildman–Crippen MR) is 127 cm³/mol. The Bertz CT molecular complexity index is 1280. The van der Waals surface area contributed by atoms with E-state index in [0.29, 0.717) is 17.3 Å². The lowest BCUT2D eigenvalue weighted by molar-refractivity contribution is 0.101. The van der Waals surface area contributed by atoms with Crippen LogP contribution in [-0.2, 0) is 5.41 Å². The number of benzene rings is 1. The third-order valence-electron chi connectivity index (χ3n) is 7.08. The average molecular weight is 436 g/mol. The van der Waals surface area contributed by atoms with Crippen LogP contribution in [0.25, 0.3) is 21.3 Å². The molecule has 1 atom stereocenters. The van der Waals surface area contributed by atoms with Gasteiger partial charge in [0.25, 0.3) is 0 Å². The molecule has 1 fully saturated rings. The summed E-state index contributed by atoms with van der Waals surface area (Å²) in [6.45, 7) is 8.45. The number of nitrogens with zero attached hydrogens (tertiary/aromatic N) is 1. The Morgan fingerprint density at radius 2 is 1.97 bits per heavy atom. The van der Waals surface area contributed by atoms with Gasteiger partial charge in [0.2, 0.25) is 0 Å². The highest BCUT2D eigenvalue weighted by Crippen LogP contribution is 2.51. The van der Waals surface area contributed by atoms with Crippen LogP contribution in [0.15, 0.2) is 29.2 Å². The van der Waals surface area contributed by atoms with Crippen LogP contribution in [0.3, 0.4) is 0 Å². The summed E-state index contributed by atoms with van der Waals surface area (Å²) in [5.41, 5.74) is 3.52. The van der Waals surface area contributed by atoms with Gasteiger partial charge < -0.3 is 9.30 Å². The van der Waals surface area contributed by atoms with Crippen LogP contribution >= 0.6 is 11.3 Å². The molecule has 0 saturated heterocycles. The molecule has 1 aromatic carbocycles. The lowest BCUT2D eigenvalue weighted by atomic mass is 9.73. The fraction of sp³-hybridized carbons (Fsp3) is 0.462. The van der Waals surface area contributed by atoms with E-state index in [9.17, 15) is 9.59 Å². The summed E-state index contributed by atoms with van der Waals surface area (Å²) in [6, 6.07) is 6.54. The van der Waals surface area contributed by atoms with Crippen molar-refractivity contribution < 1.29 is 9.53 Å². The number of hydrogen-bond acceptors (Lipinski definition) is 4. The first-order chi connectivity index (χ1) is 14.7. The Morgan fingerprint density at radius 3 is 2.58 bits per heavy atom. The number of rotatable bonds is 4. The monoisotopic (exact) mass is 435 g/mol. The third kappa shape index (κ3) is 3.16. The van der Waals surface area contributed by atoms with Gasteiger partial charge in [-0.15, -0.1) is 11.3 Å². The Morgan fingerprint density at radius 1 is 1.23 bits per heavy atom. The molecule has 0 spiro atoms. The molecule has 0 bridgehead atoms. The van der Waals surface area contributed by atoms with E-state index in [2.05, 4.69) is 31.4 Å². The Kier molecular flexibility index (Phi) is 4.67. The van der Waals surface area contributed by atoms with E-state index in [-0.39, 0.29) is 22.2 Å². The first-order valence-corrected chi connectivity index (χ1v) is 12.0. The summed E-state index contributed by atoms with van der Waals surface area (Å²) in [7, 11) is 1.68. The fourth-order valence-corrected chi connectivity index (χ4v) is 6.43. The molecule has 0 N–H and O–H groups in total. The van der Waals surface area contributed by atoms with Crippen LogP contribution < -0.4 is 10.2 Å². The number of Topliss-reactive ketones (excluding diaryl/α,β-unsaturated/α-hetero) is 1. The molecule has 5 heteroatoms. The molecule has 1 saturated carbocycles. The minimum Gasteiger partial charge on any atom is -0.494 e. The number of hydrogen-bond donors (Lipinski definition) is 0. The van der Waals surface area contributed by atoms with Gasteiger partial charge >= 0.3 is 0 Å². The summed E-state index contributed by atoms with van der Waals surface area (Å²) in [4.78, 5) is 27.9. The van der Waals surface area contributed by atoms with Gasteiger partial charge in [-0.2, -0.15) is 0 Å². The topological polar surface area (TPSA) is 48.3 Å². The van der Waals surface area contributed by atoms with Gasteiger partial charge in [-0.3, -0.25) is 9.59 Å². The molecule has 1 unspecified atom stereocenters. The van der Waals surface area contributed by atoms with Crippen molar-refractivity contribution in [3.63, 3.8) is 0 Å². The highest BCUT2D eigenvalue weighted by molar-refractivity contribution is 7.15. The number of aromatic nitrogens is 1. The van der Waals surface area contributed by atoms with Crippen LogP contribution in [0, 0.1) is 0 Å². The minimum atomic E-state index is -0.204. The van der Waals surface area contributed by atoms with E-state index < -0.39 is 0 Å². The van der Waals surface area contributed by atoms with Gasteiger partial charge in [-0.1, -0.05) is 20.8 Å². The maximum Gasteiger partial charge on any atom is 0.200 e. The van der Waals surface area contributed by atoms with E-state index in [4.69, 9.17) is 4.74 Å². The highest BCUT2D eigenvalue weighted by Gasteiger charge is 2.34. The predicted octanol–water partition coefficient (Wildman–Crippen LogP) is 6.45. The Balaban J connectivity index is 1.79. The molecule has 3 aromatic rings. The number of thiophene rings is 1. The van der Waals surface area contributed by atoms with Crippen molar-refractivity contribution in [2.24, 2.45) is 0 Å². The second kappa shape index (κ2) is 7.06. The van der Waals surface area contributed by atoms with E-state index in [1.165, 1.54) is 35.1 Å². The summed E-state index contributed by atoms with van der Waals surface area (Å²) in [6.07, 6.45) is 6.27. The summed E-state index contributed by atoms with van der Waals surface area (Å²) < 4.78 is 8.07. The number of ether oxygens (including phenoxy) is 1. The van der Waals surface area contributed by atoms with Crippen molar-refractivity contribution in [1.29, 1.82) is 0 Å². The minimum absolute atomic E-state index is 0.174. The first kappa shape index (κ1) is 20.5. The molecular formula is C26H29NO3S. The van der Waals surface area contributed by atoms with Gasteiger partial charge in [0.15, 0.2) is 17.0 Å². The van der Waals surface area contributed by atoms with Crippen LogP contribution in [0.2, 0.25) is 0 Å². The molecule has 4 nitrogen and oxygen atoms in total. The molecule has 2 aliphatic rings. The smallest absolute Gasteiger partial charge is 0.200 e. The molecule has 31 heavy (non-hydrogen) atoms. The Hall–Kier alpha value is -2.40. The van der Waals surface area contributed by atoms with E-state index in [0.717, 1.165) is 29.7 Å². The van der Waals surface area contributed by atoms with Crippen molar-refractivity contribution in [3.05, 3.63) is 50.6 Å². The highest BCUT2D eigenvalue weighted by atomic mass is 32.1. The number of pyridine rings is 1. The molecule has 2 heterocycles. The van der Waals surface area contributed by atoms with Gasteiger partial charge in [0, 0.05) is 27.6 Å². The van der Waals surface area contributed by atoms with Crippen LogP contribution in [0.4, 0.5) is 0 Å². The van der Waals surface area contributed by atoms with Gasteiger partial charge in [-0.05, 0) is 67.7 Å². The number of fused-ring (bicyclic) bond motifs is 2. The summed E-state index contributed by atoms with van der Waals surface area (Å²) >= 11 is 1.86. The molecule has 2 aromatic heterocycles. The van der Waals surface area contributed by atoms with Crippen LogP contribution in [0.5, 0.6) is 5.75 Å². The molecule has 0 aliphatic heterocycles. The number of methoxy groups -OCH3 is 1. The first-order valence-electron chi connectivity index (χ1n) is 11.1. The molecule has 5 rings (SSSR count). The second-order valence-electron chi connectivity index (χ2n) is 9.82. The molecule has 2 aliphatic carbocycles. The quantitative estimate of drug-likeness (QED) is 0.442. The van der Waals surface area contributed by atoms with Crippen LogP contribution in [-0.4, -0.2) is 17.5 Å². The van der Waals surface area contributed by atoms with Crippen molar-refractivity contribution in [2.75, 3.05) is 7.11 Å². The zero-order valence-corrected chi connectivity index (χ0v) is 19.7.